The van der Waals surface area contributed by atoms with Gasteiger partial charge in [-0.1, -0.05) is 6.07 Å². The summed E-state index contributed by atoms with van der Waals surface area (Å²) in [7, 11) is 3.11. The van der Waals surface area contributed by atoms with E-state index in [1.54, 1.807) is 37.3 Å². The molecule has 6 heteroatoms. The van der Waals surface area contributed by atoms with Crippen LogP contribution in [0.1, 0.15) is 28.8 Å². The molecular formula is C20H22N2O4. The molecule has 2 aromatic rings. The fourth-order valence-corrected chi connectivity index (χ4v) is 3.09. The van der Waals surface area contributed by atoms with E-state index in [0.717, 1.165) is 17.7 Å². The van der Waals surface area contributed by atoms with Gasteiger partial charge in [-0.05, 0) is 43.7 Å². The number of methoxy groups -OCH3 is 2. The third-order valence-electron chi connectivity index (χ3n) is 4.50. The Morgan fingerprint density at radius 1 is 1.12 bits per heavy atom. The average molecular weight is 354 g/mol. The third kappa shape index (κ3) is 3.49. The number of benzene rings is 2. The van der Waals surface area contributed by atoms with E-state index in [9.17, 15) is 9.59 Å². The number of carbonyl (C=O) groups is 2. The van der Waals surface area contributed by atoms with Crippen LogP contribution in [-0.4, -0.2) is 32.6 Å². The highest BCUT2D eigenvalue weighted by molar-refractivity contribution is 6.05. The van der Waals surface area contributed by atoms with E-state index in [4.69, 9.17) is 9.47 Å². The highest BCUT2D eigenvalue weighted by atomic mass is 16.5. The molecule has 2 aromatic carbocycles. The molecule has 0 saturated carbocycles. The first-order valence-electron chi connectivity index (χ1n) is 8.48. The fourth-order valence-electron chi connectivity index (χ4n) is 3.09. The lowest BCUT2D eigenvalue weighted by Crippen LogP contribution is -2.23. The quantitative estimate of drug-likeness (QED) is 0.894. The summed E-state index contributed by atoms with van der Waals surface area (Å²) in [6, 6.07) is 10.7. The maximum atomic E-state index is 12.7. The van der Waals surface area contributed by atoms with Crippen molar-refractivity contribution in [2.75, 3.05) is 31.0 Å². The fraction of sp³-hybridized carbons (Fsp3) is 0.300. The minimum absolute atomic E-state index is 0.112. The largest absolute Gasteiger partial charge is 0.496 e. The molecule has 1 saturated heterocycles. The number of hydrogen-bond donors (Lipinski definition) is 1. The SMILES string of the molecule is COc1cc(C(=O)Nc2cccc(N3CCCC3=O)c2)cc(OC)c1C. The van der Waals surface area contributed by atoms with Crippen molar-refractivity contribution in [3.8, 4) is 11.5 Å². The number of anilines is 2. The van der Waals surface area contributed by atoms with Crippen molar-refractivity contribution in [3.05, 3.63) is 47.5 Å². The van der Waals surface area contributed by atoms with Crippen molar-refractivity contribution in [2.45, 2.75) is 19.8 Å². The van der Waals surface area contributed by atoms with Crippen LogP contribution in [0.4, 0.5) is 11.4 Å². The van der Waals surface area contributed by atoms with Crippen LogP contribution in [0.25, 0.3) is 0 Å². The summed E-state index contributed by atoms with van der Waals surface area (Å²) in [5.74, 6) is 1.02. The zero-order chi connectivity index (χ0) is 18.7. The Bertz CT molecular complexity index is 822. The molecule has 2 amide bonds. The van der Waals surface area contributed by atoms with Crippen LogP contribution in [0.3, 0.4) is 0 Å². The van der Waals surface area contributed by atoms with Gasteiger partial charge in [-0.3, -0.25) is 9.59 Å². The Balaban J connectivity index is 1.83. The van der Waals surface area contributed by atoms with E-state index >= 15 is 0 Å². The number of nitrogens with one attached hydrogen (secondary N) is 1. The van der Waals surface area contributed by atoms with Gasteiger partial charge in [0.2, 0.25) is 5.91 Å². The van der Waals surface area contributed by atoms with Crippen molar-refractivity contribution >= 4 is 23.2 Å². The molecule has 0 aromatic heterocycles. The Morgan fingerprint density at radius 3 is 2.38 bits per heavy atom. The summed E-state index contributed by atoms with van der Waals surface area (Å²) in [4.78, 5) is 26.3. The van der Waals surface area contributed by atoms with Gasteiger partial charge in [0.1, 0.15) is 11.5 Å². The number of ether oxygens (including phenoxy) is 2. The molecule has 1 heterocycles. The first-order chi connectivity index (χ1) is 12.5. The van der Waals surface area contributed by atoms with Gasteiger partial charge < -0.3 is 19.7 Å². The van der Waals surface area contributed by atoms with Gasteiger partial charge in [0.25, 0.3) is 5.91 Å². The number of hydrogen-bond acceptors (Lipinski definition) is 4. The summed E-state index contributed by atoms with van der Waals surface area (Å²) < 4.78 is 10.6. The Kier molecular flexibility index (Phi) is 5.11. The summed E-state index contributed by atoms with van der Waals surface area (Å²) in [6.45, 7) is 2.58. The zero-order valence-corrected chi connectivity index (χ0v) is 15.2. The van der Waals surface area contributed by atoms with Crippen LogP contribution in [0.5, 0.6) is 11.5 Å². The molecule has 0 radical (unpaired) electrons. The molecule has 26 heavy (non-hydrogen) atoms. The standard InChI is InChI=1S/C20H22N2O4/c1-13-17(25-2)10-14(11-18(13)26-3)20(24)21-15-6-4-7-16(12-15)22-9-5-8-19(22)23/h4,6-7,10-12H,5,8-9H2,1-3H3,(H,21,24). The van der Waals surface area contributed by atoms with Gasteiger partial charge in [0, 0.05) is 35.5 Å². The van der Waals surface area contributed by atoms with Crippen molar-refractivity contribution in [3.63, 3.8) is 0 Å². The van der Waals surface area contributed by atoms with Crippen molar-refractivity contribution in [1.29, 1.82) is 0 Å². The smallest absolute Gasteiger partial charge is 0.255 e. The first kappa shape index (κ1) is 17.8. The maximum absolute atomic E-state index is 12.7. The van der Waals surface area contributed by atoms with E-state index in [-0.39, 0.29) is 11.8 Å². The number of amides is 2. The van der Waals surface area contributed by atoms with Gasteiger partial charge in [0.15, 0.2) is 0 Å². The van der Waals surface area contributed by atoms with E-state index in [1.807, 2.05) is 25.1 Å². The number of rotatable bonds is 5. The second-order valence-corrected chi connectivity index (χ2v) is 6.16. The van der Waals surface area contributed by atoms with E-state index in [2.05, 4.69) is 5.32 Å². The zero-order valence-electron chi connectivity index (χ0n) is 15.2. The summed E-state index contributed by atoms with van der Waals surface area (Å²) in [5.41, 5.74) is 2.70. The molecular weight excluding hydrogens is 332 g/mol. The van der Waals surface area contributed by atoms with Gasteiger partial charge >= 0.3 is 0 Å². The van der Waals surface area contributed by atoms with Gasteiger partial charge in [-0.15, -0.1) is 0 Å². The minimum Gasteiger partial charge on any atom is -0.496 e. The van der Waals surface area contributed by atoms with Crippen LogP contribution < -0.4 is 19.7 Å². The Labute approximate surface area is 152 Å². The predicted octanol–water partition coefficient (Wildman–Crippen LogP) is 3.39. The van der Waals surface area contributed by atoms with Crippen LogP contribution in [0.2, 0.25) is 0 Å². The molecule has 1 fully saturated rings. The maximum Gasteiger partial charge on any atom is 0.255 e. The topological polar surface area (TPSA) is 67.9 Å². The minimum atomic E-state index is -0.272. The molecule has 0 atom stereocenters. The summed E-state index contributed by atoms with van der Waals surface area (Å²) in [5, 5.41) is 2.87. The van der Waals surface area contributed by atoms with E-state index in [0.29, 0.717) is 35.7 Å². The van der Waals surface area contributed by atoms with Crippen molar-refractivity contribution in [1.82, 2.24) is 0 Å². The summed E-state index contributed by atoms with van der Waals surface area (Å²) in [6.07, 6.45) is 1.43. The van der Waals surface area contributed by atoms with Gasteiger partial charge in [-0.2, -0.15) is 0 Å². The Morgan fingerprint density at radius 2 is 1.81 bits per heavy atom. The first-order valence-corrected chi connectivity index (χ1v) is 8.48. The van der Waals surface area contributed by atoms with Crippen molar-refractivity contribution in [2.24, 2.45) is 0 Å². The van der Waals surface area contributed by atoms with Crippen molar-refractivity contribution < 1.29 is 19.1 Å². The Hall–Kier alpha value is -3.02. The van der Waals surface area contributed by atoms with Gasteiger partial charge in [0.05, 0.1) is 14.2 Å². The van der Waals surface area contributed by atoms with E-state index < -0.39 is 0 Å². The van der Waals surface area contributed by atoms with Crippen LogP contribution >= 0.6 is 0 Å². The molecule has 1 aliphatic rings. The van der Waals surface area contributed by atoms with Gasteiger partial charge in [-0.25, -0.2) is 0 Å². The molecule has 0 bridgehead atoms. The van der Waals surface area contributed by atoms with E-state index in [1.165, 1.54) is 0 Å². The molecule has 3 rings (SSSR count). The van der Waals surface area contributed by atoms with Crippen LogP contribution in [-0.2, 0) is 4.79 Å². The molecule has 6 nitrogen and oxygen atoms in total. The molecule has 0 aliphatic carbocycles. The lowest BCUT2D eigenvalue weighted by Gasteiger charge is -2.17. The molecule has 1 aliphatic heterocycles. The highest BCUT2D eigenvalue weighted by Crippen LogP contribution is 2.30. The molecule has 0 unspecified atom stereocenters. The molecule has 136 valence electrons. The van der Waals surface area contributed by atoms with Crippen LogP contribution in [0, 0.1) is 6.92 Å². The number of carbonyl (C=O) groups excluding carboxylic acids is 2. The lowest BCUT2D eigenvalue weighted by molar-refractivity contribution is -0.117. The average Bonchev–Trinajstić information content (AvgIpc) is 3.08. The predicted molar refractivity (Wildman–Crippen MR) is 100 cm³/mol. The second-order valence-electron chi connectivity index (χ2n) is 6.16. The molecule has 0 spiro atoms. The molecule has 1 N–H and O–H groups in total. The lowest BCUT2D eigenvalue weighted by atomic mass is 10.1. The summed E-state index contributed by atoms with van der Waals surface area (Å²) >= 11 is 0. The highest BCUT2D eigenvalue weighted by Gasteiger charge is 2.22. The number of nitrogens with zero attached hydrogens (tertiary/aromatic N) is 1. The normalized spacial score (nSPS) is 13.7. The monoisotopic (exact) mass is 354 g/mol. The van der Waals surface area contributed by atoms with Crippen LogP contribution in [0.15, 0.2) is 36.4 Å². The second kappa shape index (κ2) is 7.47. The third-order valence-corrected chi connectivity index (χ3v) is 4.50.